The normalized spacial score (nSPS) is 12.2. The number of hydrogen-bond donors (Lipinski definition) is 1. The van der Waals surface area contributed by atoms with E-state index in [1.165, 1.54) is 7.11 Å². The highest BCUT2D eigenvalue weighted by atomic mass is 35.5. The molecule has 1 atom stereocenters. The number of benzene rings is 1. The molecule has 88 valence electrons. The number of hydrogen-bond acceptors (Lipinski definition) is 3. The number of halogens is 1. The maximum absolute atomic E-state index is 11.0. The maximum atomic E-state index is 11.0. The van der Waals surface area contributed by atoms with E-state index in [1.54, 1.807) is 0 Å². The third-order valence-corrected chi connectivity index (χ3v) is 2.48. The Hall–Kier alpha value is -1.06. The van der Waals surface area contributed by atoms with Gasteiger partial charge in [0.1, 0.15) is 0 Å². The minimum absolute atomic E-state index is 0.0893. The molecule has 0 aliphatic rings. The van der Waals surface area contributed by atoms with E-state index in [0.29, 0.717) is 13.0 Å². The predicted octanol–water partition coefficient (Wildman–Crippen LogP) is 2.38. The van der Waals surface area contributed by atoms with Crippen LogP contribution in [0.25, 0.3) is 0 Å². The fourth-order valence-corrected chi connectivity index (χ4v) is 1.56. The van der Waals surface area contributed by atoms with Crippen LogP contribution in [0.2, 0.25) is 5.02 Å². The van der Waals surface area contributed by atoms with E-state index in [1.807, 2.05) is 31.2 Å². The summed E-state index contributed by atoms with van der Waals surface area (Å²) in [4.78, 5) is 11.0. The van der Waals surface area contributed by atoms with Crippen molar-refractivity contribution in [3.63, 3.8) is 0 Å². The van der Waals surface area contributed by atoms with Crippen LogP contribution in [0.3, 0.4) is 0 Å². The summed E-state index contributed by atoms with van der Waals surface area (Å²) in [5, 5.41) is 3.95. The lowest BCUT2D eigenvalue weighted by molar-refractivity contribution is -0.141. The van der Waals surface area contributed by atoms with Crippen molar-refractivity contribution >= 4 is 17.6 Å². The van der Waals surface area contributed by atoms with Crippen molar-refractivity contribution < 1.29 is 9.53 Å². The van der Waals surface area contributed by atoms with Crippen LogP contribution < -0.4 is 5.32 Å². The van der Waals surface area contributed by atoms with E-state index in [0.717, 1.165) is 10.6 Å². The SMILES string of the molecule is COC(=O)CC(C)NCc1cccc(Cl)c1. The summed E-state index contributed by atoms with van der Waals surface area (Å²) in [6, 6.07) is 7.72. The van der Waals surface area contributed by atoms with Crippen molar-refractivity contribution in [1.29, 1.82) is 0 Å². The Kier molecular flexibility index (Phi) is 5.29. The highest BCUT2D eigenvalue weighted by molar-refractivity contribution is 6.30. The number of nitrogens with one attached hydrogen (secondary N) is 1. The molecule has 0 amide bonds. The molecule has 16 heavy (non-hydrogen) atoms. The average Bonchev–Trinajstić information content (AvgIpc) is 2.26. The van der Waals surface area contributed by atoms with Gasteiger partial charge in [0.2, 0.25) is 0 Å². The standard InChI is InChI=1S/C12H16ClNO2/c1-9(6-12(15)16-2)14-8-10-4-3-5-11(13)7-10/h3-5,7,9,14H,6,8H2,1-2H3. The van der Waals surface area contributed by atoms with Crippen LogP contribution >= 0.6 is 11.6 Å². The largest absolute Gasteiger partial charge is 0.469 e. The highest BCUT2D eigenvalue weighted by Gasteiger charge is 2.08. The Bertz CT molecular complexity index is 355. The van der Waals surface area contributed by atoms with E-state index in [-0.39, 0.29) is 12.0 Å². The van der Waals surface area contributed by atoms with Crippen LogP contribution in [-0.2, 0) is 16.1 Å². The fourth-order valence-electron chi connectivity index (χ4n) is 1.34. The van der Waals surface area contributed by atoms with Crippen LogP contribution in [0.5, 0.6) is 0 Å². The molecule has 1 unspecified atom stereocenters. The van der Waals surface area contributed by atoms with Gasteiger partial charge in [0.15, 0.2) is 0 Å². The van der Waals surface area contributed by atoms with Crippen LogP contribution in [0.15, 0.2) is 24.3 Å². The summed E-state index contributed by atoms with van der Waals surface area (Å²) >= 11 is 5.87. The molecule has 0 aromatic heterocycles. The lowest BCUT2D eigenvalue weighted by atomic mass is 10.2. The van der Waals surface area contributed by atoms with Gasteiger partial charge in [0.05, 0.1) is 13.5 Å². The highest BCUT2D eigenvalue weighted by Crippen LogP contribution is 2.10. The van der Waals surface area contributed by atoms with Crippen molar-refractivity contribution in [2.75, 3.05) is 7.11 Å². The first-order chi connectivity index (χ1) is 7.61. The van der Waals surface area contributed by atoms with E-state index < -0.39 is 0 Å². The van der Waals surface area contributed by atoms with Crippen LogP contribution in [0.1, 0.15) is 18.9 Å². The van der Waals surface area contributed by atoms with Crippen molar-refractivity contribution in [2.24, 2.45) is 0 Å². The zero-order valence-electron chi connectivity index (χ0n) is 9.50. The lowest BCUT2D eigenvalue weighted by Gasteiger charge is -2.12. The first-order valence-electron chi connectivity index (χ1n) is 5.16. The van der Waals surface area contributed by atoms with Crippen molar-refractivity contribution in [3.05, 3.63) is 34.9 Å². The Morgan fingerprint density at radius 2 is 2.31 bits per heavy atom. The summed E-state index contributed by atoms with van der Waals surface area (Å²) in [7, 11) is 1.39. The van der Waals surface area contributed by atoms with Gasteiger partial charge in [-0.3, -0.25) is 4.79 Å². The Balaban J connectivity index is 2.37. The van der Waals surface area contributed by atoms with Crippen molar-refractivity contribution in [2.45, 2.75) is 25.9 Å². The van der Waals surface area contributed by atoms with Gasteiger partial charge < -0.3 is 10.1 Å². The fraction of sp³-hybridized carbons (Fsp3) is 0.417. The molecule has 1 rings (SSSR count). The van der Waals surface area contributed by atoms with Gasteiger partial charge in [0.25, 0.3) is 0 Å². The summed E-state index contributed by atoms with van der Waals surface area (Å²) in [5.74, 6) is -0.203. The molecule has 0 spiro atoms. The zero-order valence-corrected chi connectivity index (χ0v) is 10.3. The van der Waals surface area contributed by atoms with E-state index in [2.05, 4.69) is 10.1 Å². The molecule has 3 nitrogen and oxygen atoms in total. The zero-order chi connectivity index (χ0) is 12.0. The Morgan fingerprint density at radius 1 is 1.56 bits per heavy atom. The first kappa shape index (κ1) is 13.0. The number of rotatable bonds is 5. The molecular weight excluding hydrogens is 226 g/mol. The van der Waals surface area contributed by atoms with Gasteiger partial charge in [-0.1, -0.05) is 23.7 Å². The van der Waals surface area contributed by atoms with E-state index in [9.17, 15) is 4.79 Å². The summed E-state index contributed by atoms with van der Waals surface area (Å²) < 4.78 is 4.59. The van der Waals surface area contributed by atoms with Crippen molar-refractivity contribution in [3.8, 4) is 0 Å². The van der Waals surface area contributed by atoms with E-state index in [4.69, 9.17) is 11.6 Å². The first-order valence-corrected chi connectivity index (χ1v) is 5.54. The lowest BCUT2D eigenvalue weighted by Crippen LogP contribution is -2.28. The molecule has 4 heteroatoms. The minimum Gasteiger partial charge on any atom is -0.469 e. The summed E-state index contributed by atoms with van der Waals surface area (Å²) in [6.45, 7) is 2.64. The molecule has 0 bridgehead atoms. The molecule has 0 saturated heterocycles. The van der Waals surface area contributed by atoms with E-state index >= 15 is 0 Å². The number of carbonyl (C=O) groups is 1. The van der Waals surface area contributed by atoms with Crippen LogP contribution in [-0.4, -0.2) is 19.1 Å². The summed E-state index contributed by atoms with van der Waals surface area (Å²) in [6.07, 6.45) is 0.372. The third kappa shape index (κ3) is 4.64. The topological polar surface area (TPSA) is 38.3 Å². The molecular formula is C12H16ClNO2. The molecule has 0 aliphatic heterocycles. The second-order valence-corrected chi connectivity index (χ2v) is 4.13. The van der Waals surface area contributed by atoms with Gasteiger partial charge >= 0.3 is 5.97 Å². The molecule has 0 fully saturated rings. The average molecular weight is 242 g/mol. The van der Waals surface area contributed by atoms with Gasteiger partial charge in [-0.05, 0) is 24.6 Å². The number of ether oxygens (including phenoxy) is 1. The van der Waals surface area contributed by atoms with Gasteiger partial charge in [0, 0.05) is 17.6 Å². The quantitative estimate of drug-likeness (QED) is 0.805. The maximum Gasteiger partial charge on any atom is 0.307 e. The second-order valence-electron chi connectivity index (χ2n) is 3.69. The number of methoxy groups -OCH3 is 1. The monoisotopic (exact) mass is 241 g/mol. The Morgan fingerprint density at radius 3 is 2.94 bits per heavy atom. The minimum atomic E-state index is -0.203. The number of esters is 1. The molecule has 0 radical (unpaired) electrons. The smallest absolute Gasteiger partial charge is 0.307 e. The van der Waals surface area contributed by atoms with Gasteiger partial charge in [-0.15, -0.1) is 0 Å². The van der Waals surface area contributed by atoms with Gasteiger partial charge in [-0.2, -0.15) is 0 Å². The van der Waals surface area contributed by atoms with Crippen LogP contribution in [0.4, 0.5) is 0 Å². The molecule has 1 aromatic carbocycles. The molecule has 0 saturated carbocycles. The molecule has 0 heterocycles. The summed E-state index contributed by atoms with van der Waals surface area (Å²) in [5.41, 5.74) is 1.10. The third-order valence-electron chi connectivity index (χ3n) is 2.24. The molecule has 1 N–H and O–H groups in total. The Labute approximate surface area is 101 Å². The van der Waals surface area contributed by atoms with Crippen LogP contribution in [0, 0.1) is 0 Å². The number of carbonyl (C=O) groups excluding carboxylic acids is 1. The second kappa shape index (κ2) is 6.51. The van der Waals surface area contributed by atoms with Gasteiger partial charge in [-0.25, -0.2) is 0 Å². The van der Waals surface area contributed by atoms with Crippen molar-refractivity contribution in [1.82, 2.24) is 5.32 Å². The molecule has 1 aromatic rings. The predicted molar refractivity (Wildman–Crippen MR) is 64.4 cm³/mol. The molecule has 0 aliphatic carbocycles.